The van der Waals surface area contributed by atoms with Gasteiger partial charge in [0, 0.05) is 13.6 Å². The first-order valence-corrected chi connectivity index (χ1v) is 8.35. The highest BCUT2D eigenvalue weighted by atomic mass is 16.2. The second-order valence-corrected chi connectivity index (χ2v) is 6.40. The van der Waals surface area contributed by atoms with Crippen LogP contribution in [-0.2, 0) is 16.6 Å². The van der Waals surface area contributed by atoms with Crippen LogP contribution >= 0.6 is 0 Å². The zero-order valence-corrected chi connectivity index (χ0v) is 13.9. The largest absolute Gasteiger partial charge is 0.331 e. The molecule has 4 amide bonds. The first kappa shape index (κ1) is 15.6. The molecule has 25 heavy (non-hydrogen) atoms. The Morgan fingerprint density at radius 3 is 2.84 bits per heavy atom. The van der Waals surface area contributed by atoms with E-state index in [2.05, 4.69) is 5.32 Å². The molecule has 0 spiro atoms. The van der Waals surface area contributed by atoms with Crippen molar-refractivity contribution in [1.29, 1.82) is 0 Å². The number of hydrogen-bond donors (Lipinski definition) is 1. The number of nitrogens with zero attached hydrogens (tertiary/aromatic N) is 4. The Labute approximate surface area is 144 Å². The van der Waals surface area contributed by atoms with Gasteiger partial charge in [-0.2, -0.15) is 0 Å². The van der Waals surface area contributed by atoms with Crippen molar-refractivity contribution in [3.8, 4) is 0 Å². The summed E-state index contributed by atoms with van der Waals surface area (Å²) in [6.07, 6.45) is 1.70. The maximum atomic E-state index is 12.7. The minimum Gasteiger partial charge on any atom is -0.331 e. The number of hydrogen-bond acceptors (Lipinski definition) is 4. The molecule has 1 aromatic carbocycles. The molecule has 2 fully saturated rings. The van der Waals surface area contributed by atoms with Gasteiger partial charge in [0.2, 0.25) is 5.91 Å². The molecule has 4 rings (SSSR count). The van der Waals surface area contributed by atoms with Gasteiger partial charge in [-0.05, 0) is 25.0 Å². The normalized spacial score (nSPS) is 20.6. The molecule has 8 heteroatoms. The summed E-state index contributed by atoms with van der Waals surface area (Å²) in [5.41, 5.74) is 1.92. The lowest BCUT2D eigenvalue weighted by atomic mass is 10.2. The molecule has 0 bridgehead atoms. The lowest BCUT2D eigenvalue weighted by molar-refractivity contribution is -0.137. The average Bonchev–Trinajstić information content (AvgIpc) is 3.29. The molecule has 1 aromatic heterocycles. The second kappa shape index (κ2) is 5.87. The first-order valence-electron chi connectivity index (χ1n) is 8.35. The number of aryl methyl sites for hydroxylation is 1. The monoisotopic (exact) mass is 341 g/mol. The number of benzene rings is 1. The molecular formula is C17H19N5O3. The summed E-state index contributed by atoms with van der Waals surface area (Å²) >= 11 is 0. The van der Waals surface area contributed by atoms with Crippen molar-refractivity contribution in [1.82, 2.24) is 24.7 Å². The number of carbonyl (C=O) groups excluding carboxylic acids is 3. The van der Waals surface area contributed by atoms with E-state index in [0.717, 1.165) is 34.6 Å². The molecular weight excluding hydrogens is 322 g/mol. The fourth-order valence-corrected chi connectivity index (χ4v) is 3.64. The number of urea groups is 1. The highest BCUT2D eigenvalue weighted by Gasteiger charge is 2.37. The third kappa shape index (κ3) is 2.54. The Hall–Kier alpha value is -2.90. The number of aromatic nitrogens is 2. The van der Waals surface area contributed by atoms with Crippen LogP contribution in [-0.4, -0.2) is 56.8 Å². The molecule has 2 aliphatic heterocycles. The quantitative estimate of drug-likeness (QED) is 0.836. The predicted molar refractivity (Wildman–Crippen MR) is 89.5 cm³/mol. The summed E-state index contributed by atoms with van der Waals surface area (Å²) in [5, 5.41) is 2.44. The minimum absolute atomic E-state index is 0.0414. The maximum absolute atomic E-state index is 12.7. The van der Waals surface area contributed by atoms with Crippen molar-refractivity contribution in [2.24, 2.45) is 7.05 Å². The van der Waals surface area contributed by atoms with Crippen LogP contribution in [0.4, 0.5) is 4.79 Å². The van der Waals surface area contributed by atoms with E-state index in [0.29, 0.717) is 6.54 Å². The number of likely N-dealkylation sites (tertiary alicyclic amines) is 1. The van der Waals surface area contributed by atoms with Crippen LogP contribution in [0, 0.1) is 0 Å². The third-order valence-corrected chi connectivity index (χ3v) is 4.92. The van der Waals surface area contributed by atoms with Gasteiger partial charge in [-0.15, -0.1) is 0 Å². The van der Waals surface area contributed by atoms with Gasteiger partial charge in [0.1, 0.15) is 12.4 Å². The van der Waals surface area contributed by atoms with Crippen LogP contribution in [0.15, 0.2) is 24.3 Å². The Morgan fingerprint density at radius 1 is 1.32 bits per heavy atom. The third-order valence-electron chi connectivity index (χ3n) is 4.92. The van der Waals surface area contributed by atoms with Gasteiger partial charge in [-0.25, -0.2) is 9.78 Å². The van der Waals surface area contributed by atoms with Crippen molar-refractivity contribution in [3.05, 3.63) is 30.1 Å². The molecule has 2 saturated heterocycles. The zero-order chi connectivity index (χ0) is 17.6. The van der Waals surface area contributed by atoms with Crippen LogP contribution in [0.25, 0.3) is 11.0 Å². The van der Waals surface area contributed by atoms with Gasteiger partial charge in [0.25, 0.3) is 5.91 Å². The molecule has 0 saturated carbocycles. The van der Waals surface area contributed by atoms with Crippen LogP contribution < -0.4 is 5.32 Å². The highest BCUT2D eigenvalue weighted by Crippen LogP contribution is 2.33. The molecule has 8 nitrogen and oxygen atoms in total. The van der Waals surface area contributed by atoms with Crippen molar-refractivity contribution in [2.45, 2.75) is 18.9 Å². The summed E-state index contributed by atoms with van der Waals surface area (Å²) in [6.45, 7) is 0.349. The summed E-state index contributed by atoms with van der Waals surface area (Å²) in [7, 11) is 1.95. The van der Waals surface area contributed by atoms with Crippen molar-refractivity contribution >= 4 is 28.9 Å². The molecule has 0 aliphatic carbocycles. The SMILES string of the molecule is Cn1c(C2CCCN2C(=O)CN2C(=O)CNC2=O)nc2ccccc21. The van der Waals surface area contributed by atoms with Gasteiger partial charge in [-0.1, -0.05) is 12.1 Å². The van der Waals surface area contributed by atoms with Crippen molar-refractivity contribution in [3.63, 3.8) is 0 Å². The smallest absolute Gasteiger partial charge is 0.325 e. The lowest BCUT2D eigenvalue weighted by Crippen LogP contribution is -2.43. The van der Waals surface area contributed by atoms with Gasteiger partial charge < -0.3 is 14.8 Å². The zero-order valence-electron chi connectivity index (χ0n) is 13.9. The van der Waals surface area contributed by atoms with E-state index in [-0.39, 0.29) is 30.9 Å². The summed E-state index contributed by atoms with van der Waals surface area (Å²) < 4.78 is 2.01. The number of imidazole rings is 1. The van der Waals surface area contributed by atoms with Crippen molar-refractivity contribution in [2.75, 3.05) is 19.6 Å². The number of imide groups is 1. The fourth-order valence-electron chi connectivity index (χ4n) is 3.64. The van der Waals surface area contributed by atoms with E-state index < -0.39 is 6.03 Å². The molecule has 1 N–H and O–H groups in total. The Bertz CT molecular complexity index is 858. The predicted octanol–water partition coefficient (Wildman–Crippen LogP) is 0.789. The number of nitrogens with one attached hydrogen (secondary N) is 1. The summed E-state index contributed by atoms with van der Waals surface area (Å²) in [5.74, 6) is 0.251. The molecule has 3 heterocycles. The van der Waals surface area contributed by atoms with E-state index in [1.165, 1.54) is 0 Å². The molecule has 130 valence electrons. The van der Waals surface area contributed by atoms with E-state index in [1.807, 2.05) is 35.9 Å². The van der Waals surface area contributed by atoms with Crippen molar-refractivity contribution < 1.29 is 14.4 Å². The first-order chi connectivity index (χ1) is 12.1. The Balaban J connectivity index is 1.59. The average molecular weight is 341 g/mol. The number of para-hydroxylation sites is 2. The topological polar surface area (TPSA) is 87.5 Å². The number of rotatable bonds is 3. The molecule has 0 radical (unpaired) electrons. The van der Waals surface area contributed by atoms with E-state index in [1.54, 1.807) is 4.90 Å². The highest BCUT2D eigenvalue weighted by molar-refractivity contribution is 6.04. The lowest BCUT2D eigenvalue weighted by Gasteiger charge is -2.26. The number of amides is 4. The Morgan fingerprint density at radius 2 is 2.12 bits per heavy atom. The van der Waals surface area contributed by atoms with Gasteiger partial charge >= 0.3 is 6.03 Å². The Kier molecular flexibility index (Phi) is 3.67. The molecule has 2 aromatic rings. The fraction of sp³-hybridized carbons (Fsp3) is 0.412. The summed E-state index contributed by atoms with van der Waals surface area (Å²) in [6, 6.07) is 7.22. The molecule has 1 unspecified atom stereocenters. The van der Waals surface area contributed by atoms with Crippen LogP contribution in [0.3, 0.4) is 0 Å². The second-order valence-electron chi connectivity index (χ2n) is 6.40. The summed E-state index contributed by atoms with van der Waals surface area (Å²) in [4.78, 5) is 43.5. The number of fused-ring (bicyclic) bond motifs is 1. The van der Waals surface area contributed by atoms with Gasteiger partial charge in [-0.3, -0.25) is 14.5 Å². The van der Waals surface area contributed by atoms with E-state index in [4.69, 9.17) is 4.98 Å². The molecule has 1 atom stereocenters. The van der Waals surface area contributed by atoms with Gasteiger partial charge in [0.15, 0.2) is 0 Å². The standard InChI is InChI=1S/C17H19N5O3/c1-20-12-6-3-2-5-11(12)19-16(20)13-7-4-8-21(13)15(24)10-22-14(23)9-18-17(22)25/h2-3,5-6,13H,4,7-10H2,1H3,(H,18,25). The van der Waals surface area contributed by atoms with E-state index >= 15 is 0 Å². The van der Waals surface area contributed by atoms with Gasteiger partial charge in [0.05, 0.1) is 23.6 Å². The number of carbonyl (C=O) groups is 3. The maximum Gasteiger partial charge on any atom is 0.325 e. The van der Waals surface area contributed by atoms with E-state index in [9.17, 15) is 14.4 Å². The minimum atomic E-state index is -0.503. The van der Waals surface area contributed by atoms with Crippen LogP contribution in [0.2, 0.25) is 0 Å². The van der Waals surface area contributed by atoms with Crippen LogP contribution in [0.1, 0.15) is 24.7 Å². The molecule has 2 aliphatic rings. The van der Waals surface area contributed by atoms with Crippen LogP contribution in [0.5, 0.6) is 0 Å².